The molecule has 1 aromatic heterocycles. The van der Waals surface area contributed by atoms with Gasteiger partial charge in [-0.05, 0) is 33.2 Å². The second kappa shape index (κ2) is 5.46. The maximum absolute atomic E-state index is 6.09. The molecule has 0 unspecified atom stereocenters. The van der Waals surface area contributed by atoms with Crippen LogP contribution in [0.15, 0.2) is 34.9 Å². The largest absolute Gasteiger partial charge is 0.494 e. The van der Waals surface area contributed by atoms with E-state index in [0.717, 1.165) is 22.5 Å². The van der Waals surface area contributed by atoms with Crippen LogP contribution in [0.4, 0.5) is 0 Å². The van der Waals surface area contributed by atoms with Gasteiger partial charge in [0.2, 0.25) is 0 Å². The summed E-state index contributed by atoms with van der Waals surface area (Å²) in [6, 6.07) is 10.1. The van der Waals surface area contributed by atoms with Crippen LogP contribution in [0.5, 0.6) is 0 Å². The molecular weight excluding hydrogens is 301 g/mol. The molecule has 5 heteroatoms. The lowest BCUT2D eigenvalue weighted by Crippen LogP contribution is -2.41. The van der Waals surface area contributed by atoms with E-state index in [1.165, 1.54) is 0 Å². The summed E-state index contributed by atoms with van der Waals surface area (Å²) < 4.78 is 17.6. The number of aromatic nitrogens is 1. The second-order valence-corrected chi connectivity index (χ2v) is 8.54. The predicted octanol–water partition coefficient (Wildman–Crippen LogP) is 3.94. The van der Waals surface area contributed by atoms with Crippen molar-refractivity contribution in [1.82, 2.24) is 5.16 Å². The highest BCUT2D eigenvalue weighted by molar-refractivity contribution is 6.62. The molecule has 1 saturated heterocycles. The number of benzene rings is 1. The third-order valence-corrected chi connectivity index (χ3v) is 4.98. The van der Waals surface area contributed by atoms with Gasteiger partial charge in [-0.15, -0.1) is 0 Å². The van der Waals surface area contributed by atoms with Gasteiger partial charge >= 0.3 is 7.12 Å². The quantitative estimate of drug-likeness (QED) is 0.784. The van der Waals surface area contributed by atoms with Gasteiger partial charge in [0, 0.05) is 17.0 Å². The highest BCUT2D eigenvalue weighted by Crippen LogP contribution is 2.36. The van der Waals surface area contributed by atoms with Crippen molar-refractivity contribution in [2.45, 2.75) is 65.1 Å². The third kappa shape index (κ3) is 3.03. The lowest BCUT2D eigenvalue weighted by atomic mass is 9.79. The van der Waals surface area contributed by atoms with Gasteiger partial charge in [0.05, 0.1) is 11.2 Å². The van der Waals surface area contributed by atoms with Crippen molar-refractivity contribution in [3.8, 4) is 11.3 Å². The van der Waals surface area contributed by atoms with E-state index in [4.69, 9.17) is 13.8 Å². The topological polar surface area (TPSA) is 44.5 Å². The Morgan fingerprint density at radius 2 is 1.46 bits per heavy atom. The molecule has 0 radical (unpaired) electrons. The van der Waals surface area contributed by atoms with E-state index >= 15 is 0 Å². The molecule has 0 atom stereocenters. The standard InChI is InChI=1S/C19H26BNO3/c1-17(2,3)16-12-15(21-22-16)13-8-10-14(11-9-13)20-23-18(4,5)19(6,7)24-20/h8-12H,1-7H3. The van der Waals surface area contributed by atoms with Crippen molar-refractivity contribution in [2.75, 3.05) is 0 Å². The van der Waals surface area contributed by atoms with Gasteiger partial charge in [0.15, 0.2) is 0 Å². The molecule has 0 amide bonds. The van der Waals surface area contributed by atoms with Crippen molar-refractivity contribution >= 4 is 12.6 Å². The summed E-state index contributed by atoms with van der Waals surface area (Å²) in [5.74, 6) is 0.882. The van der Waals surface area contributed by atoms with Crippen LogP contribution in [0.25, 0.3) is 11.3 Å². The minimum absolute atomic E-state index is 0.0477. The number of hydrogen-bond acceptors (Lipinski definition) is 4. The molecule has 1 aromatic carbocycles. The Balaban J connectivity index is 1.81. The van der Waals surface area contributed by atoms with Crippen molar-refractivity contribution in [1.29, 1.82) is 0 Å². The van der Waals surface area contributed by atoms with E-state index in [1.807, 2.05) is 30.3 Å². The molecule has 1 aliphatic heterocycles. The van der Waals surface area contributed by atoms with Crippen molar-refractivity contribution < 1.29 is 13.8 Å². The van der Waals surface area contributed by atoms with Gasteiger partial charge in [-0.2, -0.15) is 0 Å². The molecule has 0 saturated carbocycles. The zero-order chi connectivity index (χ0) is 17.8. The Morgan fingerprint density at radius 1 is 0.917 bits per heavy atom. The Kier molecular flexibility index (Phi) is 3.93. The Bertz CT molecular complexity index is 710. The molecule has 24 heavy (non-hydrogen) atoms. The lowest BCUT2D eigenvalue weighted by molar-refractivity contribution is 0.00578. The number of hydrogen-bond donors (Lipinski definition) is 0. The number of rotatable bonds is 2. The smallest absolute Gasteiger partial charge is 0.399 e. The van der Waals surface area contributed by atoms with Crippen LogP contribution in [0.2, 0.25) is 0 Å². The minimum Gasteiger partial charge on any atom is -0.399 e. The maximum atomic E-state index is 6.09. The molecular formula is C19H26BNO3. The summed E-state index contributed by atoms with van der Waals surface area (Å²) in [6.45, 7) is 14.6. The summed E-state index contributed by atoms with van der Waals surface area (Å²) in [6.07, 6.45) is 0. The molecule has 2 heterocycles. The molecule has 3 rings (SSSR count). The molecule has 0 spiro atoms. The van der Waals surface area contributed by atoms with E-state index in [9.17, 15) is 0 Å². The lowest BCUT2D eigenvalue weighted by Gasteiger charge is -2.32. The fourth-order valence-electron chi connectivity index (χ4n) is 2.55. The van der Waals surface area contributed by atoms with Crippen LogP contribution in [0, 0.1) is 0 Å². The van der Waals surface area contributed by atoms with Gasteiger partial charge in [-0.3, -0.25) is 0 Å². The predicted molar refractivity (Wildman–Crippen MR) is 96.4 cm³/mol. The monoisotopic (exact) mass is 327 g/mol. The fourth-order valence-corrected chi connectivity index (χ4v) is 2.55. The van der Waals surface area contributed by atoms with Crippen molar-refractivity contribution in [3.05, 3.63) is 36.1 Å². The van der Waals surface area contributed by atoms with Crippen molar-refractivity contribution in [3.63, 3.8) is 0 Å². The van der Waals surface area contributed by atoms with Gasteiger partial charge in [0.1, 0.15) is 11.5 Å². The first-order chi connectivity index (χ1) is 11.0. The SMILES string of the molecule is CC(C)(C)c1cc(-c2ccc(B3OC(C)(C)C(C)(C)O3)cc2)no1. The molecule has 4 nitrogen and oxygen atoms in total. The van der Waals surface area contributed by atoms with Crippen LogP contribution in [-0.2, 0) is 14.7 Å². The summed E-state index contributed by atoms with van der Waals surface area (Å²) in [5, 5.41) is 4.19. The zero-order valence-electron chi connectivity index (χ0n) is 15.6. The molecule has 0 bridgehead atoms. The Morgan fingerprint density at radius 3 is 1.92 bits per heavy atom. The first-order valence-electron chi connectivity index (χ1n) is 8.43. The van der Waals surface area contributed by atoms with Crippen LogP contribution in [0.1, 0.15) is 54.2 Å². The first kappa shape index (κ1) is 17.2. The average Bonchev–Trinajstić information content (AvgIpc) is 3.02. The van der Waals surface area contributed by atoms with Crippen LogP contribution < -0.4 is 5.46 Å². The summed E-state index contributed by atoms with van der Waals surface area (Å²) in [5.41, 5.74) is 2.18. The maximum Gasteiger partial charge on any atom is 0.494 e. The van der Waals surface area contributed by atoms with E-state index in [-0.39, 0.29) is 23.7 Å². The third-order valence-electron chi connectivity index (χ3n) is 4.98. The molecule has 1 aliphatic rings. The highest BCUT2D eigenvalue weighted by Gasteiger charge is 2.51. The normalized spacial score (nSPS) is 19.7. The van der Waals surface area contributed by atoms with E-state index in [0.29, 0.717) is 0 Å². The summed E-state index contributed by atoms with van der Waals surface area (Å²) >= 11 is 0. The molecule has 1 fully saturated rings. The van der Waals surface area contributed by atoms with Gasteiger partial charge < -0.3 is 13.8 Å². The zero-order valence-corrected chi connectivity index (χ0v) is 15.6. The van der Waals surface area contributed by atoms with Crippen LogP contribution in [0.3, 0.4) is 0 Å². The fraction of sp³-hybridized carbons (Fsp3) is 0.526. The molecule has 128 valence electrons. The average molecular weight is 327 g/mol. The van der Waals surface area contributed by atoms with Gasteiger partial charge in [0.25, 0.3) is 0 Å². The van der Waals surface area contributed by atoms with E-state index in [2.05, 4.69) is 53.6 Å². The Hall–Kier alpha value is -1.59. The van der Waals surface area contributed by atoms with Crippen LogP contribution in [-0.4, -0.2) is 23.5 Å². The van der Waals surface area contributed by atoms with Crippen molar-refractivity contribution in [2.24, 2.45) is 0 Å². The Labute approximate surface area is 144 Å². The van der Waals surface area contributed by atoms with Crippen LogP contribution >= 0.6 is 0 Å². The summed E-state index contributed by atoms with van der Waals surface area (Å²) in [4.78, 5) is 0. The second-order valence-electron chi connectivity index (χ2n) is 8.54. The molecule has 0 N–H and O–H groups in total. The first-order valence-corrected chi connectivity index (χ1v) is 8.43. The highest BCUT2D eigenvalue weighted by atomic mass is 16.7. The summed E-state index contributed by atoms with van der Waals surface area (Å²) in [7, 11) is -0.341. The van der Waals surface area contributed by atoms with Gasteiger partial charge in [-0.25, -0.2) is 0 Å². The van der Waals surface area contributed by atoms with E-state index < -0.39 is 0 Å². The molecule has 2 aromatic rings. The minimum atomic E-state index is -0.341. The number of nitrogens with zero attached hydrogens (tertiary/aromatic N) is 1. The van der Waals surface area contributed by atoms with E-state index in [1.54, 1.807) is 0 Å². The molecule has 0 aliphatic carbocycles. The van der Waals surface area contributed by atoms with Gasteiger partial charge in [-0.1, -0.05) is 50.2 Å².